The molecule has 1 aromatic carbocycles. The molecule has 0 heterocycles. The maximum atomic E-state index is 10.8. The number of nitrogen functional groups attached to an aromatic ring is 1. The number of nitro groups is 1. The number of nitrogens with zero attached hydrogens (tertiary/aromatic N) is 2. The predicted octanol–water partition coefficient (Wildman–Crippen LogP) is 2.55. The Labute approximate surface area is 107 Å². The summed E-state index contributed by atoms with van der Waals surface area (Å²) >= 11 is 0. The number of hydrogen-bond donors (Lipinski definition) is 1. The molecule has 0 amide bonds. The lowest BCUT2D eigenvalue weighted by atomic mass is 10.1. The van der Waals surface area contributed by atoms with Crippen LogP contribution in [0.25, 0.3) is 0 Å². The molecular weight excluding hydrogens is 230 g/mol. The highest BCUT2D eigenvalue weighted by atomic mass is 16.6. The van der Waals surface area contributed by atoms with Gasteiger partial charge in [-0.3, -0.25) is 15.0 Å². The van der Waals surface area contributed by atoms with Crippen molar-refractivity contribution in [2.24, 2.45) is 0 Å². The van der Waals surface area contributed by atoms with Crippen LogP contribution in [0, 0.1) is 10.1 Å². The number of nitro benzene ring substituents is 1. The molecule has 0 bridgehead atoms. The van der Waals surface area contributed by atoms with Crippen molar-refractivity contribution in [3.05, 3.63) is 33.9 Å². The van der Waals surface area contributed by atoms with E-state index in [4.69, 9.17) is 5.73 Å². The summed E-state index contributed by atoms with van der Waals surface area (Å²) < 4.78 is 0. The van der Waals surface area contributed by atoms with E-state index < -0.39 is 4.92 Å². The van der Waals surface area contributed by atoms with E-state index in [9.17, 15) is 10.1 Å². The smallest absolute Gasteiger partial charge is 0.292 e. The number of nitrogens with two attached hydrogens (primary N) is 1. The fourth-order valence-electron chi connectivity index (χ4n) is 2.64. The average Bonchev–Trinajstić information content (AvgIpc) is 2.85. The van der Waals surface area contributed by atoms with Crippen molar-refractivity contribution in [1.82, 2.24) is 4.90 Å². The van der Waals surface area contributed by atoms with E-state index in [0.29, 0.717) is 18.3 Å². The Morgan fingerprint density at radius 1 is 1.44 bits per heavy atom. The van der Waals surface area contributed by atoms with Crippen molar-refractivity contribution < 1.29 is 4.92 Å². The maximum Gasteiger partial charge on any atom is 0.292 e. The first-order chi connectivity index (χ1) is 8.59. The Morgan fingerprint density at radius 3 is 2.72 bits per heavy atom. The Bertz CT molecular complexity index is 442. The zero-order chi connectivity index (χ0) is 13.1. The third-order valence-corrected chi connectivity index (χ3v) is 3.74. The summed E-state index contributed by atoms with van der Waals surface area (Å²) in [5, 5.41) is 10.8. The van der Waals surface area contributed by atoms with Crippen LogP contribution in [-0.4, -0.2) is 22.9 Å². The second-order valence-corrected chi connectivity index (χ2v) is 4.96. The molecule has 0 saturated heterocycles. The van der Waals surface area contributed by atoms with Crippen LogP contribution in [0.1, 0.15) is 31.2 Å². The standard InChI is InChI=1S/C13H19N3O2/c1-15(11-6-2-3-7-11)9-10-5-4-8-12(13(10)14)16(17)18/h4-5,8,11H,2-3,6-7,9,14H2,1H3. The Kier molecular flexibility index (Phi) is 3.81. The number of hydrogen-bond acceptors (Lipinski definition) is 4. The molecule has 5 heteroatoms. The lowest BCUT2D eigenvalue weighted by Gasteiger charge is -2.24. The summed E-state index contributed by atoms with van der Waals surface area (Å²) in [5.41, 5.74) is 7.01. The summed E-state index contributed by atoms with van der Waals surface area (Å²) in [6, 6.07) is 5.61. The first kappa shape index (κ1) is 12.8. The first-order valence-corrected chi connectivity index (χ1v) is 6.31. The van der Waals surface area contributed by atoms with Crippen molar-refractivity contribution >= 4 is 11.4 Å². The van der Waals surface area contributed by atoms with Gasteiger partial charge in [0, 0.05) is 18.7 Å². The Balaban J connectivity index is 2.13. The van der Waals surface area contributed by atoms with Gasteiger partial charge in [0.25, 0.3) is 5.69 Å². The monoisotopic (exact) mass is 249 g/mol. The second kappa shape index (κ2) is 5.35. The van der Waals surface area contributed by atoms with E-state index in [2.05, 4.69) is 11.9 Å². The van der Waals surface area contributed by atoms with E-state index in [0.717, 1.165) is 5.56 Å². The van der Waals surface area contributed by atoms with Gasteiger partial charge in [-0.15, -0.1) is 0 Å². The van der Waals surface area contributed by atoms with Gasteiger partial charge in [-0.1, -0.05) is 25.0 Å². The summed E-state index contributed by atoms with van der Waals surface area (Å²) in [4.78, 5) is 12.7. The molecule has 1 aromatic rings. The quantitative estimate of drug-likeness (QED) is 0.505. The molecule has 1 aliphatic rings. The topological polar surface area (TPSA) is 72.4 Å². The minimum absolute atomic E-state index is 0.00678. The van der Waals surface area contributed by atoms with Gasteiger partial charge in [0.05, 0.1) is 4.92 Å². The van der Waals surface area contributed by atoms with Crippen LogP contribution in [0.4, 0.5) is 11.4 Å². The zero-order valence-electron chi connectivity index (χ0n) is 10.6. The molecule has 1 fully saturated rings. The van der Waals surface area contributed by atoms with E-state index in [1.807, 2.05) is 6.07 Å². The number of benzene rings is 1. The molecule has 2 N–H and O–H groups in total. The Hall–Kier alpha value is -1.62. The highest BCUT2D eigenvalue weighted by Gasteiger charge is 2.21. The molecule has 18 heavy (non-hydrogen) atoms. The molecule has 0 unspecified atom stereocenters. The molecule has 0 aliphatic heterocycles. The van der Waals surface area contributed by atoms with Crippen molar-refractivity contribution in [2.45, 2.75) is 38.3 Å². The van der Waals surface area contributed by atoms with Crippen LogP contribution in [0.3, 0.4) is 0 Å². The van der Waals surface area contributed by atoms with Crippen molar-refractivity contribution in [3.63, 3.8) is 0 Å². The van der Waals surface area contributed by atoms with Gasteiger partial charge < -0.3 is 5.73 Å². The molecule has 0 spiro atoms. The third-order valence-electron chi connectivity index (χ3n) is 3.74. The Morgan fingerprint density at radius 2 is 2.11 bits per heavy atom. The van der Waals surface area contributed by atoms with Gasteiger partial charge in [0.1, 0.15) is 5.69 Å². The lowest BCUT2D eigenvalue weighted by Crippen LogP contribution is -2.28. The number of anilines is 1. The molecule has 0 atom stereocenters. The maximum absolute atomic E-state index is 10.8. The predicted molar refractivity (Wildman–Crippen MR) is 71.2 cm³/mol. The summed E-state index contributed by atoms with van der Waals surface area (Å²) in [6.07, 6.45) is 4.98. The van der Waals surface area contributed by atoms with E-state index in [1.165, 1.54) is 31.7 Å². The summed E-state index contributed by atoms with van der Waals surface area (Å²) in [7, 11) is 2.06. The third kappa shape index (κ3) is 2.61. The summed E-state index contributed by atoms with van der Waals surface area (Å²) in [6.45, 7) is 0.679. The van der Waals surface area contributed by atoms with Crippen LogP contribution in [0.2, 0.25) is 0 Å². The van der Waals surface area contributed by atoms with E-state index >= 15 is 0 Å². The van der Waals surface area contributed by atoms with Crippen LogP contribution < -0.4 is 5.73 Å². The molecule has 98 valence electrons. The van der Waals surface area contributed by atoms with Gasteiger partial charge in [0.2, 0.25) is 0 Å². The van der Waals surface area contributed by atoms with Crippen LogP contribution in [-0.2, 0) is 6.54 Å². The molecule has 2 rings (SSSR count). The second-order valence-electron chi connectivity index (χ2n) is 4.96. The van der Waals surface area contributed by atoms with Gasteiger partial charge in [-0.2, -0.15) is 0 Å². The van der Waals surface area contributed by atoms with Gasteiger partial charge >= 0.3 is 0 Å². The average molecular weight is 249 g/mol. The number of rotatable bonds is 4. The van der Waals surface area contributed by atoms with E-state index in [1.54, 1.807) is 6.07 Å². The minimum atomic E-state index is -0.422. The first-order valence-electron chi connectivity index (χ1n) is 6.31. The lowest BCUT2D eigenvalue weighted by molar-refractivity contribution is -0.384. The van der Waals surface area contributed by atoms with E-state index in [-0.39, 0.29) is 5.69 Å². The molecule has 5 nitrogen and oxygen atoms in total. The fourth-order valence-corrected chi connectivity index (χ4v) is 2.64. The normalized spacial score (nSPS) is 16.3. The van der Waals surface area contributed by atoms with Crippen molar-refractivity contribution in [1.29, 1.82) is 0 Å². The SMILES string of the molecule is CN(Cc1cccc([N+](=O)[O-])c1N)C1CCCC1. The highest BCUT2D eigenvalue weighted by Crippen LogP contribution is 2.28. The fraction of sp³-hybridized carbons (Fsp3) is 0.538. The summed E-state index contributed by atoms with van der Waals surface area (Å²) in [5.74, 6) is 0. The molecule has 1 aliphatic carbocycles. The molecular formula is C13H19N3O2. The minimum Gasteiger partial charge on any atom is -0.393 e. The molecule has 0 radical (unpaired) electrons. The number of para-hydroxylation sites is 1. The van der Waals surface area contributed by atoms with Crippen molar-refractivity contribution in [2.75, 3.05) is 12.8 Å². The van der Waals surface area contributed by atoms with Gasteiger partial charge in [-0.05, 0) is 25.5 Å². The molecule has 1 saturated carbocycles. The zero-order valence-corrected chi connectivity index (χ0v) is 10.6. The van der Waals surface area contributed by atoms with Crippen LogP contribution in [0.15, 0.2) is 18.2 Å². The van der Waals surface area contributed by atoms with Gasteiger partial charge in [0.15, 0.2) is 0 Å². The largest absolute Gasteiger partial charge is 0.393 e. The van der Waals surface area contributed by atoms with Crippen LogP contribution >= 0.6 is 0 Å². The van der Waals surface area contributed by atoms with Gasteiger partial charge in [-0.25, -0.2) is 0 Å². The highest BCUT2D eigenvalue weighted by molar-refractivity contribution is 5.62. The van der Waals surface area contributed by atoms with Crippen molar-refractivity contribution in [3.8, 4) is 0 Å². The molecule has 0 aromatic heterocycles. The van der Waals surface area contributed by atoms with Crippen LogP contribution in [0.5, 0.6) is 0 Å².